The normalized spacial score (nSPS) is 17.0. The SMILES string of the molecule is CCN(C)/C=C(/N=CC(C)N[C@@H](C)c1cccc(NC(=O)c2ccc(CN3CCN(C)CC3)cc2)c1)C(C)C. The van der Waals surface area contributed by atoms with Crippen LogP contribution in [0, 0.1) is 5.92 Å². The highest BCUT2D eigenvalue weighted by atomic mass is 16.1. The summed E-state index contributed by atoms with van der Waals surface area (Å²) in [6, 6.07) is 16.2. The molecule has 1 amide bonds. The number of piperazine rings is 1. The maximum Gasteiger partial charge on any atom is 0.255 e. The molecule has 1 aliphatic heterocycles. The second kappa shape index (κ2) is 15.0. The fourth-order valence-corrected chi connectivity index (χ4v) is 4.49. The van der Waals surface area contributed by atoms with Crippen LogP contribution in [0.1, 0.15) is 62.1 Å². The summed E-state index contributed by atoms with van der Waals surface area (Å²) < 4.78 is 0. The van der Waals surface area contributed by atoms with Gasteiger partial charge in [-0.15, -0.1) is 0 Å². The van der Waals surface area contributed by atoms with E-state index in [4.69, 9.17) is 4.99 Å². The minimum absolute atomic E-state index is 0.0931. The summed E-state index contributed by atoms with van der Waals surface area (Å²) in [5.74, 6) is 0.262. The summed E-state index contributed by atoms with van der Waals surface area (Å²) in [7, 11) is 4.24. The number of carbonyl (C=O) groups excluding carboxylic acids is 1. The third-order valence-corrected chi connectivity index (χ3v) is 7.27. The molecule has 2 aromatic carbocycles. The number of carbonyl (C=O) groups is 1. The van der Waals surface area contributed by atoms with Crippen molar-refractivity contribution in [3.05, 3.63) is 77.1 Å². The van der Waals surface area contributed by atoms with E-state index < -0.39 is 0 Å². The first-order valence-electron chi connectivity index (χ1n) is 14.3. The molecule has 7 heteroatoms. The molecule has 212 valence electrons. The van der Waals surface area contributed by atoms with E-state index in [1.807, 2.05) is 36.5 Å². The molecule has 2 aromatic rings. The van der Waals surface area contributed by atoms with Crippen LogP contribution in [-0.2, 0) is 6.54 Å². The van der Waals surface area contributed by atoms with Gasteiger partial charge < -0.3 is 20.4 Å². The lowest BCUT2D eigenvalue weighted by Gasteiger charge is -2.32. The summed E-state index contributed by atoms with van der Waals surface area (Å²) in [4.78, 5) is 24.7. The van der Waals surface area contributed by atoms with Gasteiger partial charge in [0.1, 0.15) is 0 Å². The number of benzene rings is 2. The first-order valence-corrected chi connectivity index (χ1v) is 14.3. The second-order valence-corrected chi connectivity index (χ2v) is 11.1. The number of hydrogen-bond acceptors (Lipinski definition) is 6. The molecule has 0 bridgehead atoms. The van der Waals surface area contributed by atoms with Crippen molar-refractivity contribution in [2.75, 3.05) is 52.1 Å². The van der Waals surface area contributed by atoms with Gasteiger partial charge in [0.05, 0.1) is 5.70 Å². The molecule has 0 saturated carbocycles. The Balaban J connectivity index is 1.55. The average molecular weight is 533 g/mol. The van der Waals surface area contributed by atoms with Crippen molar-refractivity contribution >= 4 is 17.8 Å². The Morgan fingerprint density at radius 3 is 2.38 bits per heavy atom. The number of amides is 1. The van der Waals surface area contributed by atoms with Crippen LogP contribution >= 0.6 is 0 Å². The molecule has 2 N–H and O–H groups in total. The van der Waals surface area contributed by atoms with Gasteiger partial charge in [-0.25, -0.2) is 0 Å². The smallest absolute Gasteiger partial charge is 0.255 e. The third-order valence-electron chi connectivity index (χ3n) is 7.27. The van der Waals surface area contributed by atoms with E-state index in [1.54, 1.807) is 0 Å². The number of nitrogens with zero attached hydrogens (tertiary/aromatic N) is 4. The molecule has 0 aromatic heterocycles. The van der Waals surface area contributed by atoms with Gasteiger partial charge in [0.2, 0.25) is 0 Å². The van der Waals surface area contributed by atoms with E-state index in [0.717, 1.165) is 56.2 Å². The first-order chi connectivity index (χ1) is 18.6. The number of allylic oxidation sites excluding steroid dienone is 1. The molecule has 0 aliphatic carbocycles. The van der Waals surface area contributed by atoms with Gasteiger partial charge in [0.15, 0.2) is 0 Å². The van der Waals surface area contributed by atoms with Gasteiger partial charge in [-0.05, 0) is 69.1 Å². The van der Waals surface area contributed by atoms with Crippen LogP contribution in [0.3, 0.4) is 0 Å². The van der Waals surface area contributed by atoms with Gasteiger partial charge in [-0.1, -0.05) is 38.1 Å². The zero-order valence-corrected chi connectivity index (χ0v) is 24.9. The zero-order valence-electron chi connectivity index (χ0n) is 24.9. The van der Waals surface area contributed by atoms with Gasteiger partial charge in [-0.2, -0.15) is 0 Å². The van der Waals surface area contributed by atoms with Crippen molar-refractivity contribution in [3.63, 3.8) is 0 Å². The van der Waals surface area contributed by atoms with Crippen molar-refractivity contribution in [2.45, 2.75) is 53.2 Å². The van der Waals surface area contributed by atoms with E-state index >= 15 is 0 Å². The summed E-state index contributed by atoms with van der Waals surface area (Å²) >= 11 is 0. The fourth-order valence-electron chi connectivity index (χ4n) is 4.49. The lowest BCUT2D eigenvalue weighted by molar-refractivity contribution is 0.102. The molecule has 1 unspecified atom stereocenters. The molecule has 0 spiro atoms. The number of nitrogens with one attached hydrogen (secondary N) is 2. The Labute approximate surface area is 236 Å². The maximum atomic E-state index is 12.9. The van der Waals surface area contributed by atoms with Gasteiger partial charge in [0, 0.05) is 82.1 Å². The largest absolute Gasteiger partial charge is 0.379 e. The van der Waals surface area contributed by atoms with Crippen LogP contribution in [0.2, 0.25) is 0 Å². The topological polar surface area (TPSA) is 63.2 Å². The van der Waals surface area contributed by atoms with Crippen LogP contribution in [0.15, 0.2) is 65.4 Å². The molecule has 1 saturated heterocycles. The highest BCUT2D eigenvalue weighted by Crippen LogP contribution is 2.19. The molecular formula is C32H48N6O. The van der Waals surface area contributed by atoms with Crippen molar-refractivity contribution in [3.8, 4) is 0 Å². The Bertz CT molecular complexity index is 1100. The van der Waals surface area contributed by atoms with Crippen LogP contribution in [0.25, 0.3) is 0 Å². The molecule has 3 rings (SSSR count). The number of rotatable bonds is 12. The lowest BCUT2D eigenvalue weighted by atomic mass is 10.1. The van der Waals surface area contributed by atoms with E-state index in [1.165, 1.54) is 5.56 Å². The standard InChI is InChI=1S/C32H48N6O/c1-8-36(6)23-31(24(2)3)33-21-25(4)34-26(5)29-10-9-11-30(20-29)35-32(39)28-14-12-27(13-15-28)22-38-18-16-37(7)17-19-38/h9-15,20-21,23-26,34H,8,16-19,22H2,1-7H3,(H,35,39)/b31-23+,33-21?/t25?,26-/m0/s1. The van der Waals surface area contributed by atoms with E-state index in [-0.39, 0.29) is 18.0 Å². The third kappa shape index (κ3) is 9.92. The van der Waals surface area contributed by atoms with Crippen molar-refractivity contribution in [2.24, 2.45) is 10.9 Å². The lowest BCUT2D eigenvalue weighted by Crippen LogP contribution is -2.43. The highest BCUT2D eigenvalue weighted by molar-refractivity contribution is 6.04. The first kappa shape index (κ1) is 30.5. The molecular weight excluding hydrogens is 484 g/mol. The molecule has 1 fully saturated rings. The van der Waals surface area contributed by atoms with E-state index in [9.17, 15) is 4.79 Å². The molecule has 0 radical (unpaired) electrons. The van der Waals surface area contributed by atoms with Crippen LogP contribution in [0.4, 0.5) is 5.69 Å². The predicted octanol–water partition coefficient (Wildman–Crippen LogP) is 5.25. The van der Waals surface area contributed by atoms with Crippen molar-refractivity contribution in [1.82, 2.24) is 20.0 Å². The number of anilines is 1. The van der Waals surface area contributed by atoms with Gasteiger partial charge in [0.25, 0.3) is 5.91 Å². The fraction of sp³-hybridized carbons (Fsp3) is 0.500. The molecule has 7 nitrogen and oxygen atoms in total. The maximum absolute atomic E-state index is 12.9. The number of hydrogen-bond donors (Lipinski definition) is 2. The summed E-state index contributed by atoms with van der Waals surface area (Å²) in [6.07, 6.45) is 4.09. The minimum atomic E-state index is -0.0931. The second-order valence-electron chi connectivity index (χ2n) is 11.1. The summed E-state index contributed by atoms with van der Waals surface area (Å²) in [6.45, 7) is 17.0. The van der Waals surface area contributed by atoms with Crippen LogP contribution < -0.4 is 10.6 Å². The number of aliphatic imine (C=N–C) groups is 1. The van der Waals surface area contributed by atoms with E-state index in [2.05, 4.69) is 98.4 Å². The van der Waals surface area contributed by atoms with Crippen molar-refractivity contribution in [1.29, 1.82) is 0 Å². The Morgan fingerprint density at radius 2 is 1.74 bits per heavy atom. The van der Waals surface area contributed by atoms with Crippen LogP contribution in [-0.4, -0.2) is 79.7 Å². The van der Waals surface area contributed by atoms with Gasteiger partial charge >= 0.3 is 0 Å². The molecule has 1 heterocycles. The average Bonchev–Trinajstić information content (AvgIpc) is 2.92. The molecule has 1 aliphatic rings. The monoisotopic (exact) mass is 532 g/mol. The zero-order chi connectivity index (χ0) is 28.4. The Morgan fingerprint density at radius 1 is 1.05 bits per heavy atom. The van der Waals surface area contributed by atoms with E-state index in [0.29, 0.717) is 11.5 Å². The predicted molar refractivity (Wildman–Crippen MR) is 164 cm³/mol. The van der Waals surface area contributed by atoms with Crippen LogP contribution in [0.5, 0.6) is 0 Å². The Kier molecular flexibility index (Phi) is 11.7. The molecule has 2 atom stereocenters. The number of likely N-dealkylation sites (N-methyl/N-ethyl adjacent to an activating group) is 1. The summed E-state index contributed by atoms with van der Waals surface area (Å²) in [5.41, 5.74) is 4.88. The summed E-state index contributed by atoms with van der Waals surface area (Å²) in [5, 5.41) is 6.67. The highest BCUT2D eigenvalue weighted by Gasteiger charge is 2.15. The molecule has 39 heavy (non-hydrogen) atoms. The minimum Gasteiger partial charge on any atom is -0.379 e. The quantitative estimate of drug-likeness (QED) is 0.366. The Hall–Kier alpha value is -3.00. The van der Waals surface area contributed by atoms with Gasteiger partial charge in [-0.3, -0.25) is 14.7 Å². The van der Waals surface area contributed by atoms with Crippen molar-refractivity contribution < 1.29 is 4.79 Å².